The number of benzene rings is 2. The molecule has 2 aliphatic carbocycles. The lowest BCUT2D eigenvalue weighted by atomic mass is 9.59. The van der Waals surface area contributed by atoms with Crippen molar-refractivity contribution in [3.8, 4) is 0 Å². The van der Waals surface area contributed by atoms with Crippen molar-refractivity contribution < 1.29 is 0 Å². The van der Waals surface area contributed by atoms with Crippen LogP contribution in [0.5, 0.6) is 0 Å². The van der Waals surface area contributed by atoms with Crippen LogP contribution in [0.25, 0.3) is 0 Å². The molecule has 0 amide bonds. The summed E-state index contributed by atoms with van der Waals surface area (Å²) in [7, 11) is 0. The molecule has 0 aromatic heterocycles. The summed E-state index contributed by atoms with van der Waals surface area (Å²) >= 11 is 0. The van der Waals surface area contributed by atoms with Gasteiger partial charge in [-0.1, -0.05) is 137 Å². The maximum absolute atomic E-state index is 3.50. The van der Waals surface area contributed by atoms with E-state index >= 15 is 0 Å². The van der Waals surface area contributed by atoms with Gasteiger partial charge in [-0.2, -0.15) is 0 Å². The standard InChI is InChI=1S/C25H41N3.C22H34N2.2C3H8.C2H6/c1-4-24(3,5-2)22-11-13-25(14-12-22)19-27(20-25)21-26-15-17-28(18-16-26)23-9-7-6-8-10-23;1-2-4-20(5-3-1)21-6-10-22(11-7-21)12-16-24(17-13-22)18-19-8-14-23-15-9-19;2*1-3-2;1-2/h6-10,22H,4-5,11-21H2,1-3H3;1-5,19,21,23H,6-18H2;2*3H2,1-2H3;1-2H3. The second kappa shape index (κ2) is 26.6. The van der Waals surface area contributed by atoms with Gasteiger partial charge in [0.05, 0.1) is 6.67 Å². The molecule has 4 aliphatic heterocycles. The van der Waals surface area contributed by atoms with Crippen LogP contribution in [0.3, 0.4) is 0 Å². The van der Waals surface area contributed by atoms with E-state index in [1.54, 1.807) is 5.56 Å². The molecule has 0 bridgehead atoms. The molecule has 2 aromatic carbocycles. The SMILES string of the molecule is CC.CCC.CCC.CCC(C)(CC)C1CCC2(CC1)CN(CN1CCN(c3ccccc3)CC1)C2.c1ccc(C2CCC3(CC2)CCN(CC2CCNCC2)CC3)cc1. The average Bonchev–Trinajstić information content (AvgIpc) is 3.30. The van der Waals surface area contributed by atoms with Crippen molar-refractivity contribution in [1.29, 1.82) is 0 Å². The number of rotatable bonds is 9. The van der Waals surface area contributed by atoms with Gasteiger partial charge in [-0.05, 0) is 155 Å². The molecule has 0 unspecified atom stereocenters. The first kappa shape index (κ1) is 50.7. The number of piperidine rings is 2. The molecular weight excluding hydrogens is 731 g/mol. The van der Waals surface area contributed by atoms with Crippen LogP contribution < -0.4 is 10.2 Å². The quantitative estimate of drug-likeness (QED) is 0.272. The van der Waals surface area contributed by atoms with Gasteiger partial charge in [-0.3, -0.25) is 9.80 Å². The molecule has 0 atom stereocenters. The predicted molar refractivity (Wildman–Crippen MR) is 264 cm³/mol. The Morgan fingerprint density at radius 2 is 1.07 bits per heavy atom. The second-order valence-electron chi connectivity index (χ2n) is 20.3. The van der Waals surface area contributed by atoms with Crippen LogP contribution in [-0.2, 0) is 0 Å². The van der Waals surface area contributed by atoms with Crippen molar-refractivity contribution in [2.24, 2.45) is 28.1 Å². The zero-order valence-electron chi connectivity index (χ0n) is 41.1. The molecule has 2 aromatic rings. The molecule has 1 N–H and O–H groups in total. The Morgan fingerprint density at radius 1 is 0.567 bits per heavy atom. The average molecular weight is 828 g/mol. The van der Waals surface area contributed by atoms with Gasteiger partial charge in [0, 0.05) is 51.5 Å². The van der Waals surface area contributed by atoms with E-state index in [4.69, 9.17) is 0 Å². The summed E-state index contributed by atoms with van der Waals surface area (Å²) in [6.07, 6.45) is 22.6. The Bertz CT molecular complexity index is 1330. The Kier molecular flexibility index (Phi) is 22.5. The third-order valence-corrected chi connectivity index (χ3v) is 15.9. The summed E-state index contributed by atoms with van der Waals surface area (Å²) in [6.45, 7) is 35.0. The first-order valence-corrected chi connectivity index (χ1v) is 25.9. The van der Waals surface area contributed by atoms with E-state index in [-0.39, 0.29) is 0 Å². The monoisotopic (exact) mass is 828 g/mol. The Balaban J connectivity index is 0.000000228. The van der Waals surface area contributed by atoms with Gasteiger partial charge < -0.3 is 15.1 Å². The van der Waals surface area contributed by atoms with Crippen molar-refractivity contribution >= 4 is 5.69 Å². The van der Waals surface area contributed by atoms with E-state index in [2.05, 4.69) is 134 Å². The maximum atomic E-state index is 3.50. The summed E-state index contributed by atoms with van der Waals surface area (Å²) in [4.78, 5) is 10.7. The maximum Gasteiger partial charge on any atom is 0.0508 e. The van der Waals surface area contributed by atoms with E-state index in [1.165, 1.54) is 174 Å². The van der Waals surface area contributed by atoms with Gasteiger partial charge in [-0.25, -0.2) is 0 Å². The normalized spacial score (nSPS) is 23.7. The number of nitrogens with one attached hydrogen (secondary N) is 1. The fourth-order valence-electron chi connectivity index (χ4n) is 11.6. The van der Waals surface area contributed by atoms with Gasteiger partial charge in [-0.15, -0.1) is 0 Å². The molecular formula is C55H97N5. The number of likely N-dealkylation sites (tertiary alicyclic amines) is 2. The Labute approximate surface area is 373 Å². The van der Waals surface area contributed by atoms with Crippen molar-refractivity contribution in [2.75, 3.05) is 83.6 Å². The van der Waals surface area contributed by atoms with Crippen LogP contribution in [0.4, 0.5) is 5.69 Å². The molecule has 60 heavy (non-hydrogen) atoms. The van der Waals surface area contributed by atoms with Gasteiger partial charge in [0.2, 0.25) is 0 Å². The van der Waals surface area contributed by atoms with Crippen molar-refractivity contribution in [1.82, 2.24) is 20.0 Å². The lowest BCUT2D eigenvalue weighted by Gasteiger charge is -2.56. The van der Waals surface area contributed by atoms with Crippen molar-refractivity contribution in [3.63, 3.8) is 0 Å². The highest BCUT2D eigenvalue weighted by Crippen LogP contribution is 2.52. The molecule has 2 saturated carbocycles. The largest absolute Gasteiger partial charge is 0.369 e. The van der Waals surface area contributed by atoms with E-state index in [0.717, 1.165) is 30.8 Å². The summed E-state index contributed by atoms with van der Waals surface area (Å²) in [6, 6.07) is 22.1. The molecule has 8 rings (SSSR count). The summed E-state index contributed by atoms with van der Waals surface area (Å²) in [5.41, 5.74) is 4.91. The van der Waals surface area contributed by atoms with Gasteiger partial charge in [0.15, 0.2) is 0 Å². The minimum atomic E-state index is 0.587. The summed E-state index contributed by atoms with van der Waals surface area (Å²) in [5, 5.41) is 3.50. The van der Waals surface area contributed by atoms with Crippen LogP contribution in [-0.4, -0.2) is 93.4 Å². The van der Waals surface area contributed by atoms with Crippen molar-refractivity contribution in [2.45, 2.75) is 171 Å². The zero-order chi connectivity index (χ0) is 43.3. The predicted octanol–water partition coefficient (Wildman–Crippen LogP) is 13.4. The molecule has 6 aliphatic rings. The van der Waals surface area contributed by atoms with Crippen LogP contribution in [0.2, 0.25) is 0 Å². The minimum absolute atomic E-state index is 0.587. The lowest BCUT2D eigenvalue weighted by molar-refractivity contribution is -0.0765. The second-order valence-corrected chi connectivity index (χ2v) is 20.3. The number of anilines is 1. The molecule has 5 nitrogen and oxygen atoms in total. The molecule has 2 spiro atoms. The van der Waals surface area contributed by atoms with Crippen LogP contribution in [0.15, 0.2) is 60.7 Å². The molecule has 0 radical (unpaired) electrons. The molecule has 6 fully saturated rings. The number of piperazine rings is 1. The molecule has 4 heterocycles. The number of hydrogen-bond acceptors (Lipinski definition) is 5. The smallest absolute Gasteiger partial charge is 0.0508 e. The Morgan fingerprint density at radius 3 is 1.58 bits per heavy atom. The highest BCUT2D eigenvalue weighted by Gasteiger charge is 2.47. The third-order valence-electron chi connectivity index (χ3n) is 15.9. The third kappa shape index (κ3) is 15.1. The van der Waals surface area contributed by atoms with Crippen molar-refractivity contribution in [3.05, 3.63) is 66.2 Å². The highest BCUT2D eigenvalue weighted by atomic mass is 15.4. The topological polar surface area (TPSA) is 25.0 Å². The van der Waals surface area contributed by atoms with E-state index in [0.29, 0.717) is 16.2 Å². The number of nitrogens with zero attached hydrogens (tertiary/aromatic N) is 4. The number of para-hydroxylation sites is 1. The van der Waals surface area contributed by atoms with Gasteiger partial charge in [0.25, 0.3) is 0 Å². The fraction of sp³-hybridized carbons (Fsp3) is 0.782. The first-order chi connectivity index (χ1) is 29.2. The Hall–Kier alpha value is -1.92. The molecule has 5 heteroatoms. The van der Waals surface area contributed by atoms with Crippen LogP contribution in [0.1, 0.15) is 177 Å². The van der Waals surface area contributed by atoms with E-state index in [9.17, 15) is 0 Å². The summed E-state index contributed by atoms with van der Waals surface area (Å²) in [5.74, 6) is 2.74. The van der Waals surface area contributed by atoms with Gasteiger partial charge in [0.1, 0.15) is 0 Å². The van der Waals surface area contributed by atoms with Gasteiger partial charge >= 0.3 is 0 Å². The van der Waals surface area contributed by atoms with E-state index < -0.39 is 0 Å². The number of hydrogen-bond donors (Lipinski definition) is 1. The zero-order valence-corrected chi connectivity index (χ0v) is 41.1. The molecule has 342 valence electrons. The minimum Gasteiger partial charge on any atom is -0.369 e. The molecule has 4 saturated heterocycles. The fourth-order valence-corrected chi connectivity index (χ4v) is 11.6. The van der Waals surface area contributed by atoms with E-state index in [1.807, 2.05) is 13.8 Å². The lowest BCUT2D eigenvalue weighted by Crippen LogP contribution is -2.61. The highest BCUT2D eigenvalue weighted by molar-refractivity contribution is 5.46. The summed E-state index contributed by atoms with van der Waals surface area (Å²) < 4.78 is 0. The first-order valence-electron chi connectivity index (χ1n) is 25.9. The van der Waals surface area contributed by atoms with Crippen LogP contribution in [0, 0.1) is 28.1 Å². The van der Waals surface area contributed by atoms with Crippen LogP contribution >= 0.6 is 0 Å².